The van der Waals surface area contributed by atoms with Gasteiger partial charge >= 0.3 is 0 Å². The summed E-state index contributed by atoms with van der Waals surface area (Å²) in [5.41, 5.74) is 2.83. The van der Waals surface area contributed by atoms with Crippen molar-refractivity contribution < 1.29 is 9.84 Å². The maximum Gasteiger partial charge on any atom is 0.219 e. The molecule has 0 saturated carbocycles. The van der Waals surface area contributed by atoms with Gasteiger partial charge in [0.2, 0.25) is 5.88 Å². The van der Waals surface area contributed by atoms with E-state index in [1.807, 2.05) is 18.2 Å². The molecule has 19 heavy (non-hydrogen) atoms. The van der Waals surface area contributed by atoms with Crippen molar-refractivity contribution in [3.05, 3.63) is 59.3 Å². The summed E-state index contributed by atoms with van der Waals surface area (Å²) >= 11 is 0. The molecule has 100 valence electrons. The first-order chi connectivity index (χ1) is 9.26. The van der Waals surface area contributed by atoms with Gasteiger partial charge in [-0.3, -0.25) is 0 Å². The van der Waals surface area contributed by atoms with E-state index in [-0.39, 0.29) is 0 Å². The second kappa shape index (κ2) is 6.34. The third-order valence-electron chi connectivity index (χ3n) is 3.12. The van der Waals surface area contributed by atoms with E-state index in [1.54, 1.807) is 19.4 Å². The van der Waals surface area contributed by atoms with E-state index in [4.69, 9.17) is 4.74 Å². The van der Waals surface area contributed by atoms with Crippen LogP contribution in [0.25, 0.3) is 0 Å². The molecular weight excluding hydrogens is 238 g/mol. The van der Waals surface area contributed by atoms with Gasteiger partial charge in [0, 0.05) is 11.8 Å². The summed E-state index contributed by atoms with van der Waals surface area (Å²) in [4.78, 5) is 4.11. The lowest BCUT2D eigenvalue weighted by Crippen LogP contribution is -2.03. The zero-order valence-electron chi connectivity index (χ0n) is 11.3. The Hall–Kier alpha value is -1.87. The molecule has 0 saturated heterocycles. The highest BCUT2D eigenvalue weighted by Crippen LogP contribution is 2.28. The predicted octanol–water partition coefficient (Wildman–Crippen LogP) is 3.12. The lowest BCUT2D eigenvalue weighted by atomic mass is 10.00. The first kappa shape index (κ1) is 13.6. The molecule has 0 aliphatic heterocycles. The molecule has 0 amide bonds. The topological polar surface area (TPSA) is 42.4 Å². The Balaban J connectivity index is 2.25. The highest BCUT2D eigenvalue weighted by Gasteiger charge is 2.15. The molecule has 1 aromatic heterocycles. The van der Waals surface area contributed by atoms with Crippen LogP contribution in [-0.4, -0.2) is 17.2 Å². The Kier molecular flexibility index (Phi) is 4.53. The number of aromatic nitrogens is 1. The molecule has 3 heteroatoms. The van der Waals surface area contributed by atoms with Gasteiger partial charge in [-0.05, 0) is 29.7 Å². The molecule has 1 atom stereocenters. The third-order valence-corrected chi connectivity index (χ3v) is 3.12. The van der Waals surface area contributed by atoms with Crippen molar-refractivity contribution in [3.63, 3.8) is 0 Å². The van der Waals surface area contributed by atoms with E-state index in [0.717, 1.165) is 18.4 Å². The van der Waals surface area contributed by atoms with E-state index in [1.165, 1.54) is 5.56 Å². The Bertz CT molecular complexity index is 523. The molecule has 1 N–H and O–H groups in total. The quantitative estimate of drug-likeness (QED) is 0.894. The van der Waals surface area contributed by atoms with Crippen molar-refractivity contribution in [2.24, 2.45) is 0 Å². The summed E-state index contributed by atoms with van der Waals surface area (Å²) < 4.78 is 5.18. The number of ether oxygens (including phenoxy) is 1. The molecule has 2 aromatic rings. The zero-order chi connectivity index (χ0) is 13.7. The minimum atomic E-state index is -0.709. The van der Waals surface area contributed by atoms with Gasteiger partial charge in [-0.1, -0.05) is 37.6 Å². The van der Waals surface area contributed by atoms with E-state index < -0.39 is 6.10 Å². The fraction of sp³-hybridized carbons (Fsp3) is 0.312. The van der Waals surface area contributed by atoms with Crippen LogP contribution >= 0.6 is 0 Å². The third kappa shape index (κ3) is 3.12. The number of aliphatic hydroxyl groups is 1. The van der Waals surface area contributed by atoms with Crippen molar-refractivity contribution in [1.29, 1.82) is 0 Å². The van der Waals surface area contributed by atoms with Gasteiger partial charge in [0.1, 0.15) is 6.10 Å². The second-order valence-electron chi connectivity index (χ2n) is 4.50. The number of pyridine rings is 1. The zero-order valence-corrected chi connectivity index (χ0v) is 11.3. The lowest BCUT2D eigenvalue weighted by molar-refractivity contribution is 0.213. The SMILES string of the molecule is CCCc1ccc(C(O)c2cccnc2OC)cc1. The number of benzene rings is 1. The monoisotopic (exact) mass is 257 g/mol. The Morgan fingerprint density at radius 1 is 1.21 bits per heavy atom. The van der Waals surface area contributed by atoms with Gasteiger partial charge in [-0.25, -0.2) is 4.98 Å². The first-order valence-electron chi connectivity index (χ1n) is 6.52. The predicted molar refractivity (Wildman–Crippen MR) is 75.3 cm³/mol. The molecule has 3 nitrogen and oxygen atoms in total. The molecule has 1 aromatic carbocycles. The van der Waals surface area contributed by atoms with Gasteiger partial charge in [0.05, 0.1) is 7.11 Å². The van der Waals surface area contributed by atoms with Gasteiger partial charge in [0.15, 0.2) is 0 Å². The molecule has 0 radical (unpaired) electrons. The van der Waals surface area contributed by atoms with Crippen LogP contribution in [0.5, 0.6) is 5.88 Å². The van der Waals surface area contributed by atoms with Crippen molar-refractivity contribution >= 4 is 0 Å². The Labute approximate surface area is 113 Å². The van der Waals surface area contributed by atoms with Crippen molar-refractivity contribution in [2.45, 2.75) is 25.9 Å². The van der Waals surface area contributed by atoms with E-state index in [9.17, 15) is 5.11 Å². The average Bonchev–Trinajstić information content (AvgIpc) is 2.47. The minimum absolute atomic E-state index is 0.465. The normalized spacial score (nSPS) is 12.2. The van der Waals surface area contributed by atoms with Crippen LogP contribution in [0.2, 0.25) is 0 Å². The summed E-state index contributed by atoms with van der Waals surface area (Å²) in [5.74, 6) is 0.465. The highest BCUT2D eigenvalue weighted by atomic mass is 16.5. The highest BCUT2D eigenvalue weighted by molar-refractivity contribution is 5.36. The smallest absolute Gasteiger partial charge is 0.219 e. The standard InChI is InChI=1S/C16H19NO2/c1-3-5-12-7-9-13(10-8-12)15(18)14-6-4-11-17-16(14)19-2/h4,6-11,15,18H,3,5H2,1-2H3. The summed E-state index contributed by atoms with van der Waals surface area (Å²) in [5, 5.41) is 10.4. The van der Waals surface area contributed by atoms with Crippen LogP contribution in [0.1, 0.15) is 36.1 Å². The van der Waals surface area contributed by atoms with Crippen molar-refractivity contribution in [2.75, 3.05) is 7.11 Å². The molecule has 2 rings (SSSR count). The number of rotatable bonds is 5. The summed E-state index contributed by atoms with van der Waals surface area (Å²) in [7, 11) is 1.56. The molecular formula is C16H19NO2. The van der Waals surface area contributed by atoms with Crippen LogP contribution in [0.4, 0.5) is 0 Å². The fourth-order valence-electron chi connectivity index (χ4n) is 2.12. The van der Waals surface area contributed by atoms with Crippen molar-refractivity contribution in [1.82, 2.24) is 4.98 Å². The first-order valence-corrected chi connectivity index (χ1v) is 6.52. The Morgan fingerprint density at radius 2 is 1.95 bits per heavy atom. The van der Waals surface area contributed by atoms with E-state index in [0.29, 0.717) is 11.4 Å². The number of aliphatic hydroxyl groups excluding tert-OH is 1. The van der Waals surface area contributed by atoms with Crippen molar-refractivity contribution in [3.8, 4) is 5.88 Å². The van der Waals surface area contributed by atoms with Crippen LogP contribution < -0.4 is 4.74 Å². The number of nitrogens with zero attached hydrogens (tertiary/aromatic N) is 1. The summed E-state index contributed by atoms with van der Waals surface area (Å²) in [6, 6.07) is 11.7. The average molecular weight is 257 g/mol. The maximum absolute atomic E-state index is 10.4. The van der Waals surface area contributed by atoms with Gasteiger partial charge in [0.25, 0.3) is 0 Å². The van der Waals surface area contributed by atoms with Gasteiger partial charge in [-0.2, -0.15) is 0 Å². The van der Waals surface area contributed by atoms with Crippen LogP contribution in [0.3, 0.4) is 0 Å². The maximum atomic E-state index is 10.4. The molecule has 0 bridgehead atoms. The molecule has 0 aliphatic carbocycles. The van der Waals surface area contributed by atoms with Crippen LogP contribution in [0, 0.1) is 0 Å². The fourth-order valence-corrected chi connectivity index (χ4v) is 2.12. The summed E-state index contributed by atoms with van der Waals surface area (Å²) in [6.45, 7) is 2.16. The van der Waals surface area contributed by atoms with E-state index in [2.05, 4.69) is 24.0 Å². The molecule has 0 aliphatic rings. The summed E-state index contributed by atoms with van der Waals surface area (Å²) in [6.07, 6.45) is 3.13. The molecule has 0 spiro atoms. The van der Waals surface area contributed by atoms with E-state index >= 15 is 0 Å². The van der Waals surface area contributed by atoms with Gasteiger partial charge in [-0.15, -0.1) is 0 Å². The number of aryl methyl sites for hydroxylation is 1. The molecule has 0 fully saturated rings. The number of methoxy groups -OCH3 is 1. The van der Waals surface area contributed by atoms with Crippen LogP contribution in [-0.2, 0) is 6.42 Å². The lowest BCUT2D eigenvalue weighted by Gasteiger charge is -2.14. The van der Waals surface area contributed by atoms with Crippen LogP contribution in [0.15, 0.2) is 42.6 Å². The number of hydrogen-bond acceptors (Lipinski definition) is 3. The largest absolute Gasteiger partial charge is 0.481 e. The molecule has 1 unspecified atom stereocenters. The second-order valence-corrected chi connectivity index (χ2v) is 4.50. The minimum Gasteiger partial charge on any atom is -0.481 e. The van der Waals surface area contributed by atoms with Gasteiger partial charge < -0.3 is 9.84 Å². The number of hydrogen-bond donors (Lipinski definition) is 1. The Morgan fingerprint density at radius 3 is 2.58 bits per heavy atom. The molecule has 1 heterocycles.